The average Bonchev–Trinajstić information content (AvgIpc) is 3.04. The van der Waals surface area contributed by atoms with Gasteiger partial charge in [-0.1, -0.05) is 0 Å². The second-order valence-electron chi connectivity index (χ2n) is 8.18. The van der Waals surface area contributed by atoms with E-state index in [2.05, 4.69) is 10.1 Å². The molecule has 0 radical (unpaired) electrons. The van der Waals surface area contributed by atoms with Gasteiger partial charge >= 0.3 is 5.97 Å². The van der Waals surface area contributed by atoms with Crippen LogP contribution in [0, 0.1) is 17.3 Å². The Morgan fingerprint density at radius 3 is 2.71 bits per heavy atom. The minimum Gasteiger partial charge on any atom is -0.406 e. The molecule has 2 atom stereocenters. The lowest BCUT2D eigenvalue weighted by Crippen LogP contribution is -2.56. The molecular weight excluding hydrogens is 326 g/mol. The zero-order valence-electron chi connectivity index (χ0n) is 13.7. The van der Waals surface area contributed by atoms with Crippen LogP contribution in [0.2, 0.25) is 0 Å². The topological polar surface area (TPSA) is 56.5 Å². The van der Waals surface area contributed by atoms with Gasteiger partial charge < -0.3 is 4.74 Å². The molecule has 4 aliphatic carbocycles. The van der Waals surface area contributed by atoms with Crippen LogP contribution in [-0.4, -0.2) is 26.5 Å². The van der Waals surface area contributed by atoms with E-state index in [4.69, 9.17) is 16.3 Å². The predicted octanol–water partition coefficient (Wildman–Crippen LogP) is 3.29. The molecule has 0 amide bonds. The number of alkyl halides is 1. The number of hydrogen-bond acceptors (Lipinski definition) is 4. The molecule has 4 saturated carbocycles. The molecule has 6 rings (SSSR count). The third kappa shape index (κ3) is 2.17. The van der Waals surface area contributed by atoms with Crippen molar-refractivity contribution in [2.75, 3.05) is 0 Å². The summed E-state index contributed by atoms with van der Waals surface area (Å²) in [5.41, 5.74) is 1.09. The molecule has 1 aromatic rings. The fourth-order valence-corrected chi connectivity index (χ4v) is 6.40. The van der Waals surface area contributed by atoms with Gasteiger partial charge in [-0.15, -0.1) is 11.6 Å². The van der Waals surface area contributed by atoms with Crippen LogP contribution < -0.4 is 0 Å². The fourth-order valence-electron chi connectivity index (χ4n) is 5.71. The first-order chi connectivity index (χ1) is 11.4. The van der Waals surface area contributed by atoms with E-state index in [1.54, 1.807) is 17.0 Å². The van der Waals surface area contributed by atoms with E-state index in [1.165, 1.54) is 6.42 Å². The van der Waals surface area contributed by atoms with Gasteiger partial charge in [0, 0.05) is 29.1 Å². The molecule has 24 heavy (non-hydrogen) atoms. The number of carbonyl (C=O) groups is 1. The number of hydrogen-bond donors (Lipinski definition) is 0. The third-order valence-corrected chi connectivity index (χ3v) is 6.53. The molecule has 5 aliphatic rings. The van der Waals surface area contributed by atoms with Crippen molar-refractivity contribution in [3.63, 3.8) is 0 Å². The quantitative estimate of drug-likeness (QED) is 0.469. The first-order valence-electron chi connectivity index (χ1n) is 8.64. The Hall–Kier alpha value is -1.62. The molecule has 1 aliphatic heterocycles. The highest BCUT2D eigenvalue weighted by atomic mass is 35.5. The van der Waals surface area contributed by atoms with Crippen LogP contribution in [0.1, 0.15) is 44.1 Å². The molecule has 0 N–H and O–H groups in total. The van der Waals surface area contributed by atoms with Crippen molar-refractivity contribution in [2.45, 2.75) is 43.4 Å². The number of aryl methyl sites for hydroxylation is 1. The summed E-state index contributed by atoms with van der Waals surface area (Å²) in [6, 6.07) is 0. The highest BCUT2D eigenvalue weighted by molar-refractivity contribution is 6.24. The number of carbonyl (C=O) groups excluding carboxylic acids is 1. The number of aliphatic imine (C=N–C) groups is 1. The number of nitrogens with zero attached hydrogens (tertiary/aromatic N) is 3. The minimum atomic E-state index is -0.353. The van der Waals surface area contributed by atoms with Crippen molar-refractivity contribution in [3.05, 3.63) is 23.7 Å². The Morgan fingerprint density at radius 2 is 2.08 bits per heavy atom. The fraction of sp³-hybridized carbons (Fsp3) is 0.611. The highest BCUT2D eigenvalue weighted by Crippen LogP contribution is 2.64. The number of cyclic esters (lactones) is 1. The maximum absolute atomic E-state index is 12.3. The lowest BCUT2D eigenvalue weighted by molar-refractivity contribution is -0.131. The van der Waals surface area contributed by atoms with E-state index in [9.17, 15) is 4.79 Å². The van der Waals surface area contributed by atoms with Crippen LogP contribution in [0.25, 0.3) is 6.08 Å². The van der Waals surface area contributed by atoms with Gasteiger partial charge in [0.2, 0.25) is 5.90 Å². The van der Waals surface area contributed by atoms with Gasteiger partial charge in [0.1, 0.15) is 0 Å². The van der Waals surface area contributed by atoms with Crippen LogP contribution in [0.15, 0.2) is 23.1 Å². The Bertz CT molecular complexity index is 780. The summed E-state index contributed by atoms with van der Waals surface area (Å²) in [5, 5.41) is 4.12. The standard InChI is InChI=1S/C18H20ClN3O2/c1-22-9-13(8-20-22)3-14-15(23)24-16(21-14)17-4-11-2-12(5-17)7-18(19,6-11)10-17/h3,8-9,11-12H,2,4-7,10H2,1H3. The van der Waals surface area contributed by atoms with Gasteiger partial charge in [-0.3, -0.25) is 4.68 Å². The summed E-state index contributed by atoms with van der Waals surface area (Å²) in [7, 11) is 1.85. The largest absolute Gasteiger partial charge is 0.406 e. The third-order valence-electron chi connectivity index (χ3n) is 6.09. The van der Waals surface area contributed by atoms with E-state index in [1.807, 2.05) is 13.2 Å². The Labute approximate surface area is 145 Å². The van der Waals surface area contributed by atoms with Crippen molar-refractivity contribution in [3.8, 4) is 0 Å². The summed E-state index contributed by atoms with van der Waals surface area (Å²) in [6.07, 6.45) is 11.8. The van der Waals surface area contributed by atoms with Crippen LogP contribution in [-0.2, 0) is 16.6 Å². The Kier molecular flexibility index (Phi) is 2.89. The Morgan fingerprint density at radius 1 is 1.33 bits per heavy atom. The van der Waals surface area contributed by atoms with Crippen molar-refractivity contribution >= 4 is 29.5 Å². The summed E-state index contributed by atoms with van der Waals surface area (Å²) in [6.45, 7) is 0. The van der Waals surface area contributed by atoms with Crippen LogP contribution in [0.3, 0.4) is 0 Å². The molecule has 0 spiro atoms. The average molecular weight is 346 g/mol. The van der Waals surface area contributed by atoms with Crippen LogP contribution in [0.4, 0.5) is 0 Å². The zero-order valence-corrected chi connectivity index (χ0v) is 14.4. The lowest BCUT2D eigenvalue weighted by atomic mass is 9.49. The van der Waals surface area contributed by atoms with E-state index < -0.39 is 0 Å². The molecule has 2 heterocycles. The summed E-state index contributed by atoms with van der Waals surface area (Å²) in [4.78, 5) is 16.8. The van der Waals surface area contributed by atoms with Crippen molar-refractivity contribution < 1.29 is 9.53 Å². The smallest absolute Gasteiger partial charge is 0.363 e. The first kappa shape index (κ1) is 14.7. The minimum absolute atomic E-state index is 0.116. The SMILES string of the molecule is Cn1cc(C=C2N=C(C34CC5CC(CC(Cl)(C5)C3)C4)OC2=O)cn1. The number of ether oxygens (including phenoxy) is 1. The van der Waals surface area contributed by atoms with Crippen molar-refractivity contribution in [1.29, 1.82) is 0 Å². The maximum Gasteiger partial charge on any atom is 0.363 e. The molecule has 0 saturated heterocycles. The molecule has 4 fully saturated rings. The van der Waals surface area contributed by atoms with Crippen LogP contribution >= 0.6 is 11.6 Å². The van der Waals surface area contributed by atoms with E-state index in [0.717, 1.165) is 37.7 Å². The van der Waals surface area contributed by atoms with Gasteiger partial charge in [0.05, 0.1) is 6.20 Å². The number of esters is 1. The summed E-state index contributed by atoms with van der Waals surface area (Å²) >= 11 is 6.88. The normalized spacial score (nSPS) is 41.8. The molecule has 5 nitrogen and oxygen atoms in total. The molecule has 6 heteroatoms. The molecule has 126 valence electrons. The predicted molar refractivity (Wildman–Crippen MR) is 90.4 cm³/mol. The van der Waals surface area contributed by atoms with Crippen molar-refractivity contribution in [2.24, 2.45) is 29.3 Å². The molecular formula is C18H20ClN3O2. The van der Waals surface area contributed by atoms with Gasteiger partial charge in [0.25, 0.3) is 0 Å². The molecule has 0 aromatic carbocycles. The molecule has 1 aromatic heterocycles. The maximum atomic E-state index is 12.3. The highest BCUT2D eigenvalue weighted by Gasteiger charge is 2.60. The summed E-state index contributed by atoms with van der Waals surface area (Å²) < 4.78 is 7.34. The van der Waals surface area contributed by atoms with E-state index in [-0.39, 0.29) is 16.3 Å². The Balaban J connectivity index is 1.50. The molecule has 4 bridgehead atoms. The number of aromatic nitrogens is 2. The van der Waals surface area contributed by atoms with Gasteiger partial charge in [0.15, 0.2) is 5.70 Å². The lowest BCUT2D eigenvalue weighted by Gasteiger charge is -2.59. The van der Waals surface area contributed by atoms with Gasteiger partial charge in [-0.25, -0.2) is 9.79 Å². The zero-order chi connectivity index (χ0) is 16.5. The monoisotopic (exact) mass is 345 g/mol. The van der Waals surface area contributed by atoms with E-state index in [0.29, 0.717) is 23.4 Å². The second-order valence-corrected chi connectivity index (χ2v) is 8.98. The first-order valence-corrected chi connectivity index (χ1v) is 9.02. The number of rotatable bonds is 2. The van der Waals surface area contributed by atoms with E-state index >= 15 is 0 Å². The number of halogens is 1. The van der Waals surface area contributed by atoms with Crippen molar-refractivity contribution in [1.82, 2.24) is 9.78 Å². The second kappa shape index (κ2) is 4.72. The summed E-state index contributed by atoms with van der Waals surface area (Å²) in [5.74, 6) is 1.56. The van der Waals surface area contributed by atoms with Crippen LogP contribution in [0.5, 0.6) is 0 Å². The van der Waals surface area contributed by atoms with Gasteiger partial charge in [-0.05, 0) is 56.4 Å². The molecule has 2 unspecified atom stereocenters. The van der Waals surface area contributed by atoms with Gasteiger partial charge in [-0.2, -0.15) is 5.10 Å².